The molecule has 0 aliphatic heterocycles. The van der Waals surface area contributed by atoms with E-state index < -0.39 is 12.0 Å². The normalized spacial score (nSPS) is 12.0. The van der Waals surface area contributed by atoms with Crippen LogP contribution in [0.15, 0.2) is 22.7 Å². The molecular weight excluding hydrogens is 274 g/mol. The number of esters is 1. The lowest BCUT2D eigenvalue weighted by Gasteiger charge is -2.14. The number of hydrogen-bond acceptors (Lipinski definition) is 4. The maximum Gasteiger partial charge on any atom is 0.327 e. The maximum atomic E-state index is 11.5. The SMILES string of the molecule is CCOC(=O)[C@H](N)c1cc(Br)ccc1OC. The molecular formula is C11H14BrNO3. The summed E-state index contributed by atoms with van der Waals surface area (Å²) in [6.45, 7) is 2.05. The van der Waals surface area contributed by atoms with E-state index in [1.165, 1.54) is 7.11 Å². The molecule has 1 rings (SSSR count). The lowest BCUT2D eigenvalue weighted by atomic mass is 10.1. The third-order valence-electron chi connectivity index (χ3n) is 2.07. The summed E-state index contributed by atoms with van der Waals surface area (Å²) in [7, 11) is 1.53. The third-order valence-corrected chi connectivity index (χ3v) is 2.56. The Bertz CT molecular complexity index is 381. The largest absolute Gasteiger partial charge is 0.496 e. The van der Waals surface area contributed by atoms with Crippen LogP contribution in [0.25, 0.3) is 0 Å². The van der Waals surface area contributed by atoms with E-state index in [4.69, 9.17) is 15.2 Å². The number of hydrogen-bond donors (Lipinski definition) is 1. The van der Waals surface area contributed by atoms with Gasteiger partial charge in [-0.2, -0.15) is 0 Å². The molecule has 0 fully saturated rings. The number of benzene rings is 1. The summed E-state index contributed by atoms with van der Waals surface area (Å²) in [5.41, 5.74) is 6.40. The standard InChI is InChI=1S/C11H14BrNO3/c1-3-16-11(14)10(13)8-6-7(12)4-5-9(8)15-2/h4-6,10H,3,13H2,1-2H3/t10-/m1/s1. The molecule has 5 heteroatoms. The second-order valence-electron chi connectivity index (χ2n) is 3.12. The van der Waals surface area contributed by atoms with E-state index in [2.05, 4.69) is 15.9 Å². The van der Waals surface area contributed by atoms with Gasteiger partial charge < -0.3 is 15.2 Å². The van der Waals surface area contributed by atoms with Crippen LogP contribution in [0.2, 0.25) is 0 Å². The van der Waals surface area contributed by atoms with Gasteiger partial charge in [-0.05, 0) is 25.1 Å². The molecule has 0 saturated heterocycles. The minimum absolute atomic E-state index is 0.308. The first-order valence-electron chi connectivity index (χ1n) is 4.85. The first-order chi connectivity index (χ1) is 7.60. The van der Waals surface area contributed by atoms with Crippen molar-refractivity contribution < 1.29 is 14.3 Å². The van der Waals surface area contributed by atoms with E-state index >= 15 is 0 Å². The summed E-state index contributed by atoms with van der Waals surface area (Å²) in [6.07, 6.45) is 0. The van der Waals surface area contributed by atoms with E-state index in [1.54, 1.807) is 19.1 Å². The van der Waals surface area contributed by atoms with Crippen LogP contribution in [-0.4, -0.2) is 19.7 Å². The Balaban J connectivity index is 3.01. The summed E-state index contributed by atoms with van der Waals surface area (Å²) < 4.78 is 10.8. The minimum Gasteiger partial charge on any atom is -0.496 e. The molecule has 0 aromatic heterocycles. The van der Waals surface area contributed by atoms with Gasteiger partial charge in [-0.1, -0.05) is 15.9 Å². The molecule has 0 radical (unpaired) electrons. The Labute approximate surface area is 103 Å². The molecule has 0 unspecified atom stereocenters. The van der Waals surface area contributed by atoms with Crippen molar-refractivity contribution in [1.29, 1.82) is 0 Å². The van der Waals surface area contributed by atoms with E-state index in [0.29, 0.717) is 17.9 Å². The van der Waals surface area contributed by atoms with Gasteiger partial charge in [-0.25, -0.2) is 4.79 Å². The lowest BCUT2D eigenvalue weighted by molar-refractivity contribution is -0.144. The molecule has 1 aromatic rings. The van der Waals surface area contributed by atoms with Crippen LogP contribution < -0.4 is 10.5 Å². The number of carbonyl (C=O) groups excluding carboxylic acids is 1. The molecule has 16 heavy (non-hydrogen) atoms. The smallest absolute Gasteiger partial charge is 0.327 e. The molecule has 0 amide bonds. The second-order valence-corrected chi connectivity index (χ2v) is 4.03. The van der Waals surface area contributed by atoms with Crippen LogP contribution in [0.1, 0.15) is 18.5 Å². The predicted octanol–water partition coefficient (Wildman–Crippen LogP) is 2.02. The molecule has 1 atom stereocenters. The lowest BCUT2D eigenvalue weighted by Crippen LogP contribution is -2.24. The van der Waals surface area contributed by atoms with Crippen LogP contribution in [0.5, 0.6) is 5.75 Å². The molecule has 4 nitrogen and oxygen atoms in total. The summed E-state index contributed by atoms with van der Waals surface area (Å²) in [5, 5.41) is 0. The number of carbonyl (C=O) groups is 1. The topological polar surface area (TPSA) is 61.5 Å². The van der Waals surface area contributed by atoms with E-state index in [9.17, 15) is 4.79 Å². The number of halogens is 1. The highest BCUT2D eigenvalue weighted by Crippen LogP contribution is 2.27. The molecule has 0 heterocycles. The fourth-order valence-corrected chi connectivity index (χ4v) is 1.69. The summed E-state index contributed by atoms with van der Waals surface area (Å²) >= 11 is 3.32. The molecule has 1 aromatic carbocycles. The zero-order chi connectivity index (χ0) is 12.1. The highest BCUT2D eigenvalue weighted by Gasteiger charge is 2.21. The molecule has 0 spiro atoms. The number of methoxy groups -OCH3 is 1. The summed E-state index contributed by atoms with van der Waals surface area (Å²) in [5.74, 6) is 0.114. The fraction of sp³-hybridized carbons (Fsp3) is 0.364. The van der Waals surface area contributed by atoms with Crippen molar-refractivity contribution in [3.63, 3.8) is 0 Å². The van der Waals surface area contributed by atoms with Gasteiger partial charge in [0, 0.05) is 10.0 Å². The minimum atomic E-state index is -0.826. The van der Waals surface area contributed by atoms with Gasteiger partial charge >= 0.3 is 5.97 Å². The monoisotopic (exact) mass is 287 g/mol. The van der Waals surface area contributed by atoms with Gasteiger partial charge in [0.05, 0.1) is 13.7 Å². The highest BCUT2D eigenvalue weighted by atomic mass is 79.9. The highest BCUT2D eigenvalue weighted by molar-refractivity contribution is 9.10. The Morgan fingerprint density at radius 3 is 2.81 bits per heavy atom. The van der Waals surface area contributed by atoms with Crippen molar-refractivity contribution in [2.24, 2.45) is 5.73 Å². The predicted molar refractivity (Wildman–Crippen MR) is 64.3 cm³/mol. The third kappa shape index (κ3) is 2.96. The van der Waals surface area contributed by atoms with Crippen molar-refractivity contribution in [3.8, 4) is 5.75 Å². The summed E-state index contributed by atoms with van der Waals surface area (Å²) in [4.78, 5) is 11.5. The van der Waals surface area contributed by atoms with Gasteiger partial charge in [0.1, 0.15) is 11.8 Å². The van der Waals surface area contributed by atoms with Gasteiger partial charge in [-0.15, -0.1) is 0 Å². The average Bonchev–Trinajstić information content (AvgIpc) is 2.28. The van der Waals surface area contributed by atoms with Gasteiger partial charge in [0.2, 0.25) is 0 Å². The fourth-order valence-electron chi connectivity index (χ4n) is 1.31. The Kier molecular flexibility index (Phi) is 4.76. The van der Waals surface area contributed by atoms with Crippen LogP contribution in [0, 0.1) is 0 Å². The molecule has 0 aliphatic rings. The number of nitrogens with two attached hydrogens (primary N) is 1. The molecule has 0 bridgehead atoms. The average molecular weight is 288 g/mol. The van der Waals surface area contributed by atoms with Crippen molar-refractivity contribution in [3.05, 3.63) is 28.2 Å². The van der Waals surface area contributed by atoms with Gasteiger partial charge in [0.15, 0.2) is 0 Å². The van der Waals surface area contributed by atoms with E-state index in [-0.39, 0.29) is 0 Å². The molecule has 0 aliphatic carbocycles. The summed E-state index contributed by atoms with van der Waals surface area (Å²) in [6, 6.07) is 4.49. The van der Waals surface area contributed by atoms with Crippen LogP contribution >= 0.6 is 15.9 Å². The van der Waals surface area contributed by atoms with Gasteiger partial charge in [0.25, 0.3) is 0 Å². The van der Waals surface area contributed by atoms with E-state index in [0.717, 1.165) is 4.47 Å². The molecule has 2 N–H and O–H groups in total. The first-order valence-corrected chi connectivity index (χ1v) is 5.65. The van der Waals surface area contributed by atoms with Crippen LogP contribution in [0.4, 0.5) is 0 Å². The van der Waals surface area contributed by atoms with Gasteiger partial charge in [-0.3, -0.25) is 0 Å². The molecule has 0 saturated carbocycles. The second kappa shape index (κ2) is 5.86. The van der Waals surface area contributed by atoms with Crippen molar-refractivity contribution in [2.45, 2.75) is 13.0 Å². The zero-order valence-corrected chi connectivity index (χ0v) is 10.8. The number of ether oxygens (including phenoxy) is 2. The first kappa shape index (κ1) is 13.0. The maximum absolute atomic E-state index is 11.5. The van der Waals surface area contributed by atoms with Crippen LogP contribution in [-0.2, 0) is 9.53 Å². The Morgan fingerprint density at radius 2 is 2.25 bits per heavy atom. The zero-order valence-electron chi connectivity index (χ0n) is 9.20. The van der Waals surface area contributed by atoms with Crippen molar-refractivity contribution in [1.82, 2.24) is 0 Å². The Hall–Kier alpha value is -1.07. The molecule has 88 valence electrons. The van der Waals surface area contributed by atoms with Crippen molar-refractivity contribution >= 4 is 21.9 Å². The quantitative estimate of drug-likeness (QED) is 0.861. The number of rotatable bonds is 4. The Morgan fingerprint density at radius 1 is 1.56 bits per heavy atom. The van der Waals surface area contributed by atoms with E-state index in [1.807, 2.05) is 6.07 Å². The van der Waals surface area contributed by atoms with Crippen LogP contribution in [0.3, 0.4) is 0 Å². The van der Waals surface area contributed by atoms with Crippen molar-refractivity contribution in [2.75, 3.05) is 13.7 Å².